The van der Waals surface area contributed by atoms with Crippen LogP contribution in [-0.4, -0.2) is 37.2 Å². The Bertz CT molecular complexity index is 870. The number of carbonyl (C=O) groups is 1. The SMILES string of the molecule is O=C(NCc1ccccc1N1CCOCC1)c1csc(-c2ccco2)n1. The predicted molar refractivity (Wildman–Crippen MR) is 100 cm³/mol. The molecule has 0 radical (unpaired) electrons. The standard InChI is InChI=1S/C19H19N3O3S/c23-18(15-13-26-19(21-15)17-6-3-9-25-17)20-12-14-4-1-2-5-16(14)22-7-10-24-11-8-22/h1-6,9,13H,7-8,10-12H2,(H,20,23). The van der Waals surface area contributed by atoms with Gasteiger partial charge in [-0.15, -0.1) is 11.3 Å². The Balaban J connectivity index is 1.43. The van der Waals surface area contributed by atoms with E-state index in [0.717, 1.165) is 37.6 Å². The number of para-hydroxylation sites is 1. The first-order valence-electron chi connectivity index (χ1n) is 8.49. The Morgan fingerprint density at radius 1 is 1.19 bits per heavy atom. The van der Waals surface area contributed by atoms with E-state index in [9.17, 15) is 4.79 Å². The molecule has 1 fully saturated rings. The number of anilines is 1. The Labute approximate surface area is 155 Å². The summed E-state index contributed by atoms with van der Waals surface area (Å²) in [4.78, 5) is 19.1. The van der Waals surface area contributed by atoms with Crippen molar-refractivity contribution in [2.45, 2.75) is 6.54 Å². The van der Waals surface area contributed by atoms with E-state index < -0.39 is 0 Å². The van der Waals surface area contributed by atoms with E-state index in [1.54, 1.807) is 17.7 Å². The monoisotopic (exact) mass is 369 g/mol. The number of nitrogens with one attached hydrogen (secondary N) is 1. The highest BCUT2D eigenvalue weighted by Crippen LogP contribution is 2.24. The van der Waals surface area contributed by atoms with E-state index in [-0.39, 0.29) is 5.91 Å². The third-order valence-electron chi connectivity index (χ3n) is 4.25. The number of thiazole rings is 1. The fourth-order valence-corrected chi connectivity index (χ4v) is 3.70. The van der Waals surface area contributed by atoms with E-state index in [1.165, 1.54) is 11.3 Å². The van der Waals surface area contributed by atoms with Crippen molar-refractivity contribution in [3.05, 3.63) is 59.3 Å². The summed E-state index contributed by atoms with van der Waals surface area (Å²) < 4.78 is 10.7. The second kappa shape index (κ2) is 7.72. The molecule has 2 aromatic heterocycles. The minimum atomic E-state index is -0.184. The third-order valence-corrected chi connectivity index (χ3v) is 5.11. The molecule has 6 nitrogen and oxygen atoms in total. The van der Waals surface area contributed by atoms with Gasteiger partial charge in [0, 0.05) is 30.7 Å². The maximum atomic E-state index is 12.5. The van der Waals surface area contributed by atoms with E-state index >= 15 is 0 Å². The highest BCUT2D eigenvalue weighted by Gasteiger charge is 2.16. The molecule has 0 spiro atoms. The molecule has 7 heteroatoms. The predicted octanol–water partition coefficient (Wildman–Crippen LogP) is 3.17. The minimum Gasteiger partial charge on any atom is -0.462 e. The average molecular weight is 369 g/mol. The van der Waals surface area contributed by atoms with Gasteiger partial charge in [-0.05, 0) is 23.8 Å². The van der Waals surface area contributed by atoms with Crippen molar-refractivity contribution in [3.8, 4) is 10.8 Å². The number of benzene rings is 1. The van der Waals surface area contributed by atoms with E-state index in [1.807, 2.05) is 24.3 Å². The van der Waals surface area contributed by atoms with E-state index in [2.05, 4.69) is 21.3 Å². The van der Waals surface area contributed by atoms with Gasteiger partial charge in [0.1, 0.15) is 5.69 Å². The maximum Gasteiger partial charge on any atom is 0.271 e. The number of furan rings is 1. The number of rotatable bonds is 5. The Kier molecular flexibility index (Phi) is 4.99. The van der Waals surface area contributed by atoms with Gasteiger partial charge in [0.05, 0.1) is 19.5 Å². The smallest absolute Gasteiger partial charge is 0.271 e. The Morgan fingerprint density at radius 3 is 2.85 bits per heavy atom. The average Bonchev–Trinajstić information content (AvgIpc) is 3.38. The summed E-state index contributed by atoms with van der Waals surface area (Å²) in [6.07, 6.45) is 1.60. The molecule has 0 aliphatic carbocycles. The number of morpholine rings is 1. The highest BCUT2D eigenvalue weighted by molar-refractivity contribution is 7.13. The second-order valence-electron chi connectivity index (χ2n) is 5.93. The lowest BCUT2D eigenvalue weighted by atomic mass is 10.1. The lowest BCUT2D eigenvalue weighted by Crippen LogP contribution is -2.37. The van der Waals surface area contributed by atoms with E-state index in [0.29, 0.717) is 23.0 Å². The van der Waals surface area contributed by atoms with Gasteiger partial charge in [0.25, 0.3) is 5.91 Å². The van der Waals surface area contributed by atoms with Gasteiger partial charge < -0.3 is 19.4 Å². The van der Waals surface area contributed by atoms with Crippen LogP contribution in [0.1, 0.15) is 16.1 Å². The number of aromatic nitrogens is 1. The zero-order chi connectivity index (χ0) is 17.8. The lowest BCUT2D eigenvalue weighted by Gasteiger charge is -2.30. The molecule has 26 heavy (non-hydrogen) atoms. The van der Waals surface area contributed by atoms with Crippen LogP contribution in [0.4, 0.5) is 5.69 Å². The van der Waals surface area contributed by atoms with Crippen LogP contribution < -0.4 is 10.2 Å². The van der Waals surface area contributed by atoms with Crippen molar-refractivity contribution < 1.29 is 13.9 Å². The molecule has 1 aliphatic rings. The van der Waals surface area contributed by atoms with Crippen LogP contribution in [0.15, 0.2) is 52.5 Å². The fourth-order valence-electron chi connectivity index (χ4n) is 2.93. The van der Waals surface area contributed by atoms with Crippen molar-refractivity contribution in [1.82, 2.24) is 10.3 Å². The highest BCUT2D eigenvalue weighted by atomic mass is 32.1. The van der Waals surface area contributed by atoms with Crippen molar-refractivity contribution >= 4 is 22.9 Å². The number of hydrogen-bond donors (Lipinski definition) is 1. The van der Waals surface area contributed by atoms with Crippen molar-refractivity contribution in [1.29, 1.82) is 0 Å². The molecule has 0 unspecified atom stereocenters. The van der Waals surface area contributed by atoms with Gasteiger partial charge in [0.2, 0.25) is 0 Å². The molecular formula is C19H19N3O3S. The van der Waals surface area contributed by atoms with Crippen molar-refractivity contribution in [2.75, 3.05) is 31.2 Å². The minimum absolute atomic E-state index is 0.184. The molecule has 1 aromatic carbocycles. The number of amides is 1. The van der Waals surface area contributed by atoms with Crippen LogP contribution in [0, 0.1) is 0 Å². The number of hydrogen-bond acceptors (Lipinski definition) is 6. The van der Waals surface area contributed by atoms with E-state index in [4.69, 9.17) is 9.15 Å². The number of carbonyl (C=O) groups excluding carboxylic acids is 1. The topological polar surface area (TPSA) is 67.6 Å². The first-order valence-corrected chi connectivity index (χ1v) is 9.37. The molecule has 3 aromatic rings. The van der Waals surface area contributed by atoms with Crippen molar-refractivity contribution in [3.63, 3.8) is 0 Å². The summed E-state index contributed by atoms with van der Waals surface area (Å²) in [5.41, 5.74) is 2.64. The first-order chi connectivity index (χ1) is 12.8. The number of ether oxygens (including phenoxy) is 1. The van der Waals surface area contributed by atoms with Crippen LogP contribution in [0.25, 0.3) is 10.8 Å². The molecule has 3 heterocycles. The Morgan fingerprint density at radius 2 is 2.04 bits per heavy atom. The van der Waals surface area contributed by atoms with Crippen molar-refractivity contribution in [2.24, 2.45) is 0 Å². The molecule has 0 atom stereocenters. The molecule has 4 rings (SSSR count). The molecule has 0 saturated carbocycles. The molecule has 1 saturated heterocycles. The molecular weight excluding hydrogens is 350 g/mol. The lowest BCUT2D eigenvalue weighted by molar-refractivity contribution is 0.0946. The summed E-state index contributed by atoms with van der Waals surface area (Å²) in [7, 11) is 0. The van der Waals surface area contributed by atoms with Gasteiger partial charge >= 0.3 is 0 Å². The summed E-state index contributed by atoms with van der Waals surface area (Å²) >= 11 is 1.40. The van der Waals surface area contributed by atoms with Crippen LogP contribution in [0.5, 0.6) is 0 Å². The molecule has 1 aliphatic heterocycles. The summed E-state index contributed by atoms with van der Waals surface area (Å²) in [6, 6.07) is 11.8. The largest absolute Gasteiger partial charge is 0.462 e. The van der Waals surface area contributed by atoms with Gasteiger partial charge in [-0.3, -0.25) is 4.79 Å². The normalized spacial score (nSPS) is 14.4. The molecule has 134 valence electrons. The van der Waals surface area contributed by atoms with Crippen LogP contribution in [-0.2, 0) is 11.3 Å². The van der Waals surface area contributed by atoms with Crippen LogP contribution >= 0.6 is 11.3 Å². The summed E-state index contributed by atoms with van der Waals surface area (Å²) in [5, 5.41) is 5.42. The molecule has 1 N–H and O–H groups in total. The summed E-state index contributed by atoms with van der Waals surface area (Å²) in [6.45, 7) is 3.65. The fraction of sp³-hybridized carbons (Fsp3) is 0.263. The second-order valence-corrected chi connectivity index (χ2v) is 6.78. The third kappa shape index (κ3) is 3.63. The van der Waals surface area contributed by atoms with Gasteiger partial charge in [-0.25, -0.2) is 4.98 Å². The zero-order valence-electron chi connectivity index (χ0n) is 14.2. The van der Waals surface area contributed by atoms with Gasteiger partial charge in [-0.2, -0.15) is 0 Å². The maximum absolute atomic E-state index is 12.5. The number of nitrogens with zero attached hydrogens (tertiary/aromatic N) is 2. The first kappa shape index (κ1) is 16.8. The molecule has 0 bridgehead atoms. The van der Waals surface area contributed by atoms with Gasteiger partial charge in [0.15, 0.2) is 10.8 Å². The Hall–Kier alpha value is -2.64. The summed E-state index contributed by atoms with van der Waals surface area (Å²) in [5.74, 6) is 0.488. The zero-order valence-corrected chi connectivity index (χ0v) is 15.0. The quantitative estimate of drug-likeness (QED) is 0.748. The van der Waals surface area contributed by atoms with Crippen LogP contribution in [0.2, 0.25) is 0 Å². The van der Waals surface area contributed by atoms with Crippen LogP contribution in [0.3, 0.4) is 0 Å². The molecule has 1 amide bonds. The van der Waals surface area contributed by atoms with Gasteiger partial charge in [-0.1, -0.05) is 18.2 Å².